The SMILES string of the molecule is CCC(C#N)(NC1CCCCCC1)C1CC1. The van der Waals surface area contributed by atoms with Crippen molar-refractivity contribution in [2.45, 2.75) is 76.3 Å². The fourth-order valence-corrected chi connectivity index (χ4v) is 3.08. The van der Waals surface area contributed by atoms with E-state index in [1.807, 2.05) is 0 Å². The Labute approximate surface area is 99.4 Å². The molecular weight excluding hydrogens is 196 g/mol. The van der Waals surface area contributed by atoms with E-state index in [0.29, 0.717) is 12.0 Å². The predicted molar refractivity (Wildman–Crippen MR) is 66.0 cm³/mol. The third-order valence-corrected chi connectivity index (χ3v) is 4.35. The zero-order chi connectivity index (χ0) is 11.4. The highest BCUT2D eigenvalue weighted by Gasteiger charge is 2.45. The van der Waals surface area contributed by atoms with Crippen molar-refractivity contribution in [3.05, 3.63) is 0 Å². The van der Waals surface area contributed by atoms with Crippen molar-refractivity contribution < 1.29 is 0 Å². The van der Waals surface area contributed by atoms with Crippen molar-refractivity contribution in [3.63, 3.8) is 0 Å². The van der Waals surface area contributed by atoms with E-state index in [9.17, 15) is 5.26 Å². The molecule has 0 radical (unpaired) electrons. The molecule has 2 heteroatoms. The van der Waals surface area contributed by atoms with E-state index in [1.165, 1.54) is 51.4 Å². The van der Waals surface area contributed by atoms with Gasteiger partial charge >= 0.3 is 0 Å². The first kappa shape index (κ1) is 11.9. The lowest BCUT2D eigenvalue weighted by Crippen LogP contribution is -2.50. The fourth-order valence-electron chi connectivity index (χ4n) is 3.08. The number of nitrogens with one attached hydrogen (secondary N) is 1. The van der Waals surface area contributed by atoms with E-state index in [0.717, 1.165) is 6.42 Å². The lowest BCUT2D eigenvalue weighted by atomic mass is 9.89. The molecule has 2 aliphatic rings. The van der Waals surface area contributed by atoms with Gasteiger partial charge in [0.2, 0.25) is 0 Å². The minimum Gasteiger partial charge on any atom is -0.296 e. The molecule has 0 aromatic carbocycles. The van der Waals surface area contributed by atoms with Crippen molar-refractivity contribution in [2.24, 2.45) is 5.92 Å². The summed E-state index contributed by atoms with van der Waals surface area (Å²) in [6.07, 6.45) is 11.5. The minimum absolute atomic E-state index is 0.199. The van der Waals surface area contributed by atoms with Crippen LogP contribution in [-0.2, 0) is 0 Å². The van der Waals surface area contributed by atoms with Gasteiger partial charge in [0.1, 0.15) is 5.54 Å². The number of hydrogen-bond acceptors (Lipinski definition) is 2. The molecule has 16 heavy (non-hydrogen) atoms. The first-order chi connectivity index (χ1) is 7.80. The number of nitrogens with zero attached hydrogens (tertiary/aromatic N) is 1. The zero-order valence-electron chi connectivity index (χ0n) is 10.5. The van der Waals surface area contributed by atoms with E-state index < -0.39 is 0 Å². The molecule has 1 atom stereocenters. The van der Waals surface area contributed by atoms with E-state index >= 15 is 0 Å². The Morgan fingerprint density at radius 2 is 1.75 bits per heavy atom. The third-order valence-electron chi connectivity index (χ3n) is 4.35. The largest absolute Gasteiger partial charge is 0.296 e. The van der Waals surface area contributed by atoms with Gasteiger partial charge in [0.25, 0.3) is 0 Å². The predicted octanol–water partition coefficient (Wildman–Crippen LogP) is 3.38. The summed E-state index contributed by atoms with van der Waals surface area (Å²) in [7, 11) is 0. The quantitative estimate of drug-likeness (QED) is 0.737. The van der Waals surface area contributed by atoms with Crippen LogP contribution in [0.25, 0.3) is 0 Å². The van der Waals surface area contributed by atoms with Gasteiger partial charge < -0.3 is 0 Å². The smallest absolute Gasteiger partial charge is 0.109 e. The van der Waals surface area contributed by atoms with Crippen LogP contribution in [0.5, 0.6) is 0 Å². The molecule has 2 aliphatic carbocycles. The molecule has 90 valence electrons. The summed E-state index contributed by atoms with van der Waals surface area (Å²) in [5, 5.41) is 13.2. The Morgan fingerprint density at radius 1 is 1.12 bits per heavy atom. The summed E-state index contributed by atoms with van der Waals surface area (Å²) in [5.74, 6) is 0.630. The maximum absolute atomic E-state index is 9.48. The van der Waals surface area contributed by atoms with Crippen molar-refractivity contribution in [2.75, 3.05) is 0 Å². The zero-order valence-corrected chi connectivity index (χ0v) is 10.5. The molecular formula is C14H24N2. The van der Waals surface area contributed by atoms with Crippen molar-refractivity contribution in [1.29, 1.82) is 5.26 Å². The number of nitriles is 1. The molecule has 0 heterocycles. The molecule has 0 bridgehead atoms. The van der Waals surface area contributed by atoms with Crippen molar-refractivity contribution >= 4 is 0 Å². The molecule has 1 N–H and O–H groups in total. The van der Waals surface area contributed by atoms with Crippen LogP contribution >= 0.6 is 0 Å². The molecule has 0 aliphatic heterocycles. The van der Waals surface area contributed by atoms with Crippen LogP contribution in [0.4, 0.5) is 0 Å². The maximum atomic E-state index is 9.48. The molecule has 0 spiro atoms. The summed E-state index contributed by atoms with van der Waals surface area (Å²) >= 11 is 0. The average molecular weight is 220 g/mol. The summed E-state index contributed by atoms with van der Waals surface area (Å²) in [6, 6.07) is 3.18. The average Bonchev–Trinajstić information content (AvgIpc) is 3.13. The highest BCUT2D eigenvalue weighted by atomic mass is 15.0. The van der Waals surface area contributed by atoms with E-state index in [1.54, 1.807) is 0 Å². The van der Waals surface area contributed by atoms with Crippen LogP contribution in [0.1, 0.15) is 64.7 Å². The highest BCUT2D eigenvalue weighted by Crippen LogP contribution is 2.42. The minimum atomic E-state index is -0.199. The first-order valence-corrected chi connectivity index (χ1v) is 6.99. The molecule has 0 aromatic rings. The lowest BCUT2D eigenvalue weighted by molar-refractivity contribution is 0.291. The highest BCUT2D eigenvalue weighted by molar-refractivity contribution is 5.15. The standard InChI is InChI=1S/C14H24N2/c1-2-14(11-15,12-9-10-12)16-13-7-5-3-4-6-8-13/h12-13,16H,2-10H2,1H3. The maximum Gasteiger partial charge on any atom is 0.109 e. The molecule has 1 unspecified atom stereocenters. The van der Waals surface area contributed by atoms with Crippen LogP contribution in [0.2, 0.25) is 0 Å². The molecule has 0 saturated heterocycles. The molecule has 0 aromatic heterocycles. The Bertz CT molecular complexity index is 256. The van der Waals surface area contributed by atoms with Gasteiger partial charge in [-0.15, -0.1) is 0 Å². The van der Waals surface area contributed by atoms with Gasteiger partial charge in [0, 0.05) is 6.04 Å². The van der Waals surface area contributed by atoms with E-state index in [2.05, 4.69) is 18.3 Å². The second-order valence-electron chi connectivity index (χ2n) is 5.54. The van der Waals surface area contributed by atoms with Gasteiger partial charge in [-0.2, -0.15) is 5.26 Å². The molecule has 0 amide bonds. The van der Waals surface area contributed by atoms with Gasteiger partial charge in [0.15, 0.2) is 0 Å². The normalized spacial score (nSPS) is 26.8. The number of rotatable bonds is 4. The van der Waals surface area contributed by atoms with Gasteiger partial charge in [-0.25, -0.2) is 0 Å². The van der Waals surface area contributed by atoms with Gasteiger partial charge in [-0.1, -0.05) is 32.6 Å². The topological polar surface area (TPSA) is 35.8 Å². The second-order valence-corrected chi connectivity index (χ2v) is 5.54. The van der Waals surface area contributed by atoms with Crippen molar-refractivity contribution in [3.8, 4) is 6.07 Å². The summed E-state index contributed by atoms with van der Waals surface area (Å²) in [6.45, 7) is 2.16. The summed E-state index contributed by atoms with van der Waals surface area (Å²) in [4.78, 5) is 0. The van der Waals surface area contributed by atoms with Gasteiger partial charge in [-0.3, -0.25) is 5.32 Å². The van der Waals surface area contributed by atoms with Crippen LogP contribution < -0.4 is 5.32 Å². The lowest BCUT2D eigenvalue weighted by Gasteiger charge is -2.31. The van der Waals surface area contributed by atoms with E-state index in [-0.39, 0.29) is 5.54 Å². The van der Waals surface area contributed by atoms with Gasteiger partial charge in [0.05, 0.1) is 6.07 Å². The second kappa shape index (κ2) is 5.19. The number of hydrogen-bond donors (Lipinski definition) is 1. The van der Waals surface area contributed by atoms with Gasteiger partial charge in [-0.05, 0) is 38.0 Å². The van der Waals surface area contributed by atoms with Crippen LogP contribution in [0.15, 0.2) is 0 Å². The van der Waals surface area contributed by atoms with Crippen LogP contribution in [0.3, 0.4) is 0 Å². The van der Waals surface area contributed by atoms with Crippen molar-refractivity contribution in [1.82, 2.24) is 5.32 Å². The molecule has 2 nitrogen and oxygen atoms in total. The third kappa shape index (κ3) is 2.58. The molecule has 2 fully saturated rings. The van der Waals surface area contributed by atoms with Crippen LogP contribution in [-0.4, -0.2) is 11.6 Å². The van der Waals surface area contributed by atoms with E-state index in [4.69, 9.17) is 0 Å². The Balaban J connectivity index is 1.96. The monoisotopic (exact) mass is 220 g/mol. The fraction of sp³-hybridized carbons (Fsp3) is 0.929. The first-order valence-electron chi connectivity index (χ1n) is 6.99. The molecule has 2 rings (SSSR count). The Morgan fingerprint density at radius 3 is 2.19 bits per heavy atom. The van der Waals surface area contributed by atoms with Crippen LogP contribution in [0, 0.1) is 17.2 Å². The Kier molecular flexibility index (Phi) is 3.86. The summed E-state index contributed by atoms with van der Waals surface area (Å²) < 4.78 is 0. The Hall–Kier alpha value is -0.550. The molecule has 2 saturated carbocycles. The summed E-state index contributed by atoms with van der Waals surface area (Å²) in [5.41, 5.74) is -0.199.